The minimum Gasteiger partial charge on any atom is -0.330 e. The number of aryl methyl sites for hydroxylation is 1. The summed E-state index contributed by atoms with van der Waals surface area (Å²) in [7, 11) is 0. The maximum Gasteiger partial charge on any atom is -0.00483 e. The zero-order chi connectivity index (χ0) is 8.97. The van der Waals surface area contributed by atoms with Crippen LogP contribution in [0, 0.1) is 12.8 Å². The van der Waals surface area contributed by atoms with Gasteiger partial charge in [0.1, 0.15) is 0 Å². The molecule has 0 aromatic heterocycles. The third kappa shape index (κ3) is 2.35. The monoisotopic (exact) mass is 163 g/mol. The lowest BCUT2D eigenvalue weighted by Gasteiger charge is -2.10. The van der Waals surface area contributed by atoms with Crippen LogP contribution in [0.1, 0.15) is 18.1 Å². The van der Waals surface area contributed by atoms with Crippen molar-refractivity contribution in [3.63, 3.8) is 0 Å². The van der Waals surface area contributed by atoms with Gasteiger partial charge in [-0.05, 0) is 36.9 Å². The summed E-state index contributed by atoms with van der Waals surface area (Å²) in [6, 6.07) is 8.50. The smallest absolute Gasteiger partial charge is 0.00483 e. The number of hydrogen-bond acceptors (Lipinski definition) is 1. The van der Waals surface area contributed by atoms with Crippen LogP contribution < -0.4 is 5.73 Å². The molecule has 1 nitrogen and oxygen atoms in total. The van der Waals surface area contributed by atoms with Crippen LogP contribution in [0.3, 0.4) is 0 Å². The van der Waals surface area contributed by atoms with Gasteiger partial charge in [0.05, 0.1) is 0 Å². The third-order valence-electron chi connectivity index (χ3n) is 2.23. The number of hydrogen-bond donors (Lipinski definition) is 1. The Morgan fingerprint density at radius 2 is 2.00 bits per heavy atom. The van der Waals surface area contributed by atoms with Gasteiger partial charge in [-0.1, -0.05) is 31.2 Å². The molecule has 1 heteroatoms. The van der Waals surface area contributed by atoms with E-state index < -0.39 is 0 Å². The lowest BCUT2D eigenvalue weighted by Crippen LogP contribution is -2.13. The highest BCUT2D eigenvalue weighted by Crippen LogP contribution is 2.11. The molecule has 0 spiro atoms. The van der Waals surface area contributed by atoms with E-state index in [4.69, 9.17) is 5.73 Å². The summed E-state index contributed by atoms with van der Waals surface area (Å²) in [5.41, 5.74) is 8.37. The van der Waals surface area contributed by atoms with Crippen LogP contribution in [0.2, 0.25) is 0 Å². The van der Waals surface area contributed by atoms with Gasteiger partial charge in [0.2, 0.25) is 0 Å². The topological polar surface area (TPSA) is 26.0 Å². The number of benzene rings is 1. The molecule has 0 aliphatic rings. The molecule has 1 rings (SSSR count). The minimum absolute atomic E-state index is 0.589. The second kappa shape index (κ2) is 4.27. The summed E-state index contributed by atoms with van der Waals surface area (Å²) in [5, 5.41) is 0. The molecule has 0 saturated heterocycles. The zero-order valence-electron chi connectivity index (χ0n) is 7.88. The summed E-state index contributed by atoms with van der Waals surface area (Å²) >= 11 is 0. The molecule has 1 atom stereocenters. The van der Waals surface area contributed by atoms with E-state index in [0.717, 1.165) is 13.0 Å². The molecule has 0 heterocycles. The standard InChI is InChI=1S/C11H17N/c1-9(8-12)7-11-6-4-3-5-10(11)2/h3-6,9H,7-8,12H2,1-2H3. The van der Waals surface area contributed by atoms with E-state index in [-0.39, 0.29) is 0 Å². The third-order valence-corrected chi connectivity index (χ3v) is 2.23. The minimum atomic E-state index is 0.589. The molecular formula is C11H17N. The Balaban J connectivity index is 2.69. The van der Waals surface area contributed by atoms with E-state index in [9.17, 15) is 0 Å². The molecule has 1 aromatic carbocycles. The lowest BCUT2D eigenvalue weighted by molar-refractivity contribution is 0.591. The predicted octanol–water partition coefficient (Wildman–Crippen LogP) is 2.13. The molecule has 0 aliphatic carbocycles. The van der Waals surface area contributed by atoms with Gasteiger partial charge in [-0.15, -0.1) is 0 Å². The first-order valence-electron chi connectivity index (χ1n) is 4.48. The van der Waals surface area contributed by atoms with Gasteiger partial charge in [-0.25, -0.2) is 0 Å². The molecule has 0 saturated carbocycles. The van der Waals surface area contributed by atoms with E-state index in [1.54, 1.807) is 0 Å². The molecule has 1 unspecified atom stereocenters. The molecule has 0 amide bonds. The average molecular weight is 163 g/mol. The van der Waals surface area contributed by atoms with Crippen molar-refractivity contribution in [3.8, 4) is 0 Å². The van der Waals surface area contributed by atoms with Crippen molar-refractivity contribution in [1.82, 2.24) is 0 Å². The fourth-order valence-electron chi connectivity index (χ4n) is 1.30. The normalized spacial score (nSPS) is 12.9. The number of nitrogens with two attached hydrogens (primary N) is 1. The molecule has 1 aromatic rings. The average Bonchev–Trinajstić information content (AvgIpc) is 2.09. The van der Waals surface area contributed by atoms with Gasteiger partial charge in [0, 0.05) is 0 Å². The van der Waals surface area contributed by atoms with Gasteiger partial charge in [-0.2, -0.15) is 0 Å². The second-order valence-corrected chi connectivity index (χ2v) is 3.47. The molecule has 0 radical (unpaired) electrons. The fourth-order valence-corrected chi connectivity index (χ4v) is 1.30. The van der Waals surface area contributed by atoms with Gasteiger partial charge in [0.25, 0.3) is 0 Å². The van der Waals surface area contributed by atoms with Crippen LogP contribution in [0.25, 0.3) is 0 Å². The van der Waals surface area contributed by atoms with E-state index in [1.165, 1.54) is 11.1 Å². The van der Waals surface area contributed by atoms with E-state index in [2.05, 4.69) is 38.1 Å². The van der Waals surface area contributed by atoms with E-state index >= 15 is 0 Å². The highest BCUT2D eigenvalue weighted by Gasteiger charge is 2.02. The van der Waals surface area contributed by atoms with Crippen LogP contribution >= 0.6 is 0 Å². The van der Waals surface area contributed by atoms with Gasteiger partial charge >= 0.3 is 0 Å². The molecule has 0 fully saturated rings. The Labute approximate surface area is 74.6 Å². The quantitative estimate of drug-likeness (QED) is 0.725. The molecule has 0 aliphatic heterocycles. The summed E-state index contributed by atoms with van der Waals surface area (Å²) in [6.07, 6.45) is 1.10. The largest absolute Gasteiger partial charge is 0.330 e. The SMILES string of the molecule is Cc1ccccc1CC(C)CN. The van der Waals surface area contributed by atoms with Crippen molar-refractivity contribution in [2.45, 2.75) is 20.3 Å². The predicted molar refractivity (Wildman–Crippen MR) is 53.1 cm³/mol. The van der Waals surface area contributed by atoms with Crippen LogP contribution in [-0.2, 0) is 6.42 Å². The first kappa shape index (κ1) is 9.27. The van der Waals surface area contributed by atoms with Gasteiger partial charge < -0.3 is 5.73 Å². The fraction of sp³-hybridized carbons (Fsp3) is 0.455. The van der Waals surface area contributed by atoms with Gasteiger partial charge in [0.15, 0.2) is 0 Å². The Bertz CT molecular complexity index is 243. The Morgan fingerprint density at radius 3 is 2.58 bits per heavy atom. The molecule has 66 valence electrons. The van der Waals surface area contributed by atoms with Gasteiger partial charge in [-0.3, -0.25) is 0 Å². The van der Waals surface area contributed by atoms with Crippen molar-refractivity contribution in [3.05, 3.63) is 35.4 Å². The maximum absolute atomic E-state index is 5.57. The van der Waals surface area contributed by atoms with Crippen molar-refractivity contribution in [2.24, 2.45) is 11.7 Å². The first-order chi connectivity index (χ1) is 5.74. The van der Waals surface area contributed by atoms with Crippen molar-refractivity contribution in [2.75, 3.05) is 6.54 Å². The Kier molecular flexibility index (Phi) is 3.30. The molecular weight excluding hydrogens is 146 g/mol. The summed E-state index contributed by atoms with van der Waals surface area (Å²) in [4.78, 5) is 0. The molecule has 2 N–H and O–H groups in total. The Morgan fingerprint density at radius 1 is 1.33 bits per heavy atom. The second-order valence-electron chi connectivity index (χ2n) is 3.47. The molecule has 0 bridgehead atoms. The zero-order valence-corrected chi connectivity index (χ0v) is 7.88. The van der Waals surface area contributed by atoms with E-state index in [0.29, 0.717) is 5.92 Å². The number of rotatable bonds is 3. The van der Waals surface area contributed by atoms with Crippen LogP contribution in [0.5, 0.6) is 0 Å². The lowest BCUT2D eigenvalue weighted by atomic mass is 9.98. The first-order valence-corrected chi connectivity index (χ1v) is 4.48. The van der Waals surface area contributed by atoms with Crippen LogP contribution in [0.15, 0.2) is 24.3 Å². The van der Waals surface area contributed by atoms with Crippen molar-refractivity contribution < 1.29 is 0 Å². The summed E-state index contributed by atoms with van der Waals surface area (Å²) < 4.78 is 0. The maximum atomic E-state index is 5.57. The van der Waals surface area contributed by atoms with Crippen molar-refractivity contribution >= 4 is 0 Å². The highest BCUT2D eigenvalue weighted by atomic mass is 14.5. The molecule has 12 heavy (non-hydrogen) atoms. The van der Waals surface area contributed by atoms with E-state index in [1.807, 2.05) is 0 Å². The highest BCUT2D eigenvalue weighted by molar-refractivity contribution is 5.25. The Hall–Kier alpha value is -0.820. The van der Waals surface area contributed by atoms with Crippen LogP contribution in [-0.4, -0.2) is 6.54 Å². The summed E-state index contributed by atoms with van der Waals surface area (Å²) in [5.74, 6) is 0.589. The van der Waals surface area contributed by atoms with Crippen molar-refractivity contribution in [1.29, 1.82) is 0 Å². The summed E-state index contributed by atoms with van der Waals surface area (Å²) in [6.45, 7) is 5.11. The van der Waals surface area contributed by atoms with Crippen LogP contribution in [0.4, 0.5) is 0 Å².